The average Bonchev–Trinajstić information content (AvgIpc) is 3.11. The first kappa shape index (κ1) is 17.7. The summed E-state index contributed by atoms with van der Waals surface area (Å²) >= 11 is 8.78. The molecule has 1 aromatic heterocycles. The van der Waals surface area contributed by atoms with Gasteiger partial charge in [0.15, 0.2) is 4.77 Å². The topological polar surface area (TPSA) is 79.6 Å². The van der Waals surface area contributed by atoms with Crippen molar-refractivity contribution in [1.82, 2.24) is 9.55 Å². The lowest BCUT2D eigenvalue weighted by atomic mass is 10.1. The molecular formula is C19H14BrN3O3S. The number of halogens is 1. The van der Waals surface area contributed by atoms with Gasteiger partial charge in [-0.2, -0.15) is 0 Å². The van der Waals surface area contributed by atoms with Crippen molar-refractivity contribution in [1.29, 1.82) is 0 Å². The molecule has 1 aliphatic heterocycles. The molecule has 0 bridgehead atoms. The first-order valence-corrected chi connectivity index (χ1v) is 9.40. The van der Waals surface area contributed by atoms with E-state index in [1.807, 2.05) is 13.0 Å². The fraction of sp³-hybridized carbons (Fsp3) is 0.105. The molecule has 1 aliphatic rings. The number of carbonyl (C=O) groups excluding carboxylic acids is 1. The maximum atomic E-state index is 12.5. The molecule has 4 rings (SSSR count). The second kappa shape index (κ2) is 6.79. The molecular weight excluding hydrogens is 430 g/mol. The lowest BCUT2D eigenvalue weighted by molar-refractivity contribution is -0.112. The molecule has 0 atom stereocenters. The van der Waals surface area contributed by atoms with E-state index in [1.54, 1.807) is 36.4 Å². The van der Waals surface area contributed by atoms with Crippen LogP contribution >= 0.6 is 28.1 Å². The largest absolute Gasteiger partial charge is 0.494 e. The van der Waals surface area contributed by atoms with Crippen molar-refractivity contribution in [2.75, 3.05) is 6.61 Å². The molecule has 3 aromatic rings. The summed E-state index contributed by atoms with van der Waals surface area (Å²) in [5, 5.41) is 12.0. The third-order valence-corrected chi connectivity index (χ3v) is 4.97. The van der Waals surface area contributed by atoms with Gasteiger partial charge in [-0.25, -0.2) is 4.99 Å². The average molecular weight is 444 g/mol. The van der Waals surface area contributed by atoms with Crippen LogP contribution in [0, 0.1) is 4.77 Å². The number of nitrogens with zero attached hydrogens (tertiary/aromatic N) is 2. The molecule has 136 valence electrons. The van der Waals surface area contributed by atoms with Crippen molar-refractivity contribution < 1.29 is 14.6 Å². The maximum absolute atomic E-state index is 12.5. The summed E-state index contributed by atoms with van der Waals surface area (Å²) < 4.78 is 7.99. The summed E-state index contributed by atoms with van der Waals surface area (Å²) in [6, 6.07) is 12.5. The monoisotopic (exact) mass is 443 g/mol. The minimum absolute atomic E-state index is 0.143. The van der Waals surface area contributed by atoms with E-state index in [2.05, 4.69) is 25.9 Å². The van der Waals surface area contributed by atoms with E-state index in [0.717, 1.165) is 10.2 Å². The number of aromatic nitrogens is 2. The highest BCUT2D eigenvalue weighted by Gasteiger charge is 2.25. The van der Waals surface area contributed by atoms with Crippen molar-refractivity contribution in [3.8, 4) is 17.3 Å². The molecule has 6 nitrogen and oxygen atoms in total. The third kappa shape index (κ3) is 3.00. The van der Waals surface area contributed by atoms with Crippen molar-refractivity contribution in [3.63, 3.8) is 0 Å². The number of amides is 1. The first-order chi connectivity index (χ1) is 13.0. The van der Waals surface area contributed by atoms with Crippen LogP contribution in [-0.4, -0.2) is 27.2 Å². The van der Waals surface area contributed by atoms with Crippen molar-refractivity contribution >= 4 is 39.6 Å². The molecule has 0 aliphatic carbocycles. The number of aromatic hydroxyl groups is 1. The molecule has 27 heavy (non-hydrogen) atoms. The van der Waals surface area contributed by atoms with Crippen molar-refractivity contribution in [2.45, 2.75) is 6.92 Å². The van der Waals surface area contributed by atoms with E-state index in [-0.39, 0.29) is 16.3 Å². The van der Waals surface area contributed by atoms with Gasteiger partial charge in [-0.05, 0) is 61.6 Å². The lowest BCUT2D eigenvalue weighted by Gasteiger charge is -2.07. The summed E-state index contributed by atoms with van der Waals surface area (Å²) in [5.41, 5.74) is 1.19. The lowest BCUT2D eigenvalue weighted by Crippen LogP contribution is -2.23. The van der Waals surface area contributed by atoms with Crippen LogP contribution in [0.1, 0.15) is 12.6 Å². The SMILES string of the molecule is CCOc1ccc(-n2c(O)c(C3=c4cc(Br)ccc4=NC3=O)[nH]c2=S)cc1. The predicted octanol–water partition coefficient (Wildman–Crippen LogP) is 2.76. The number of aromatic amines is 1. The Kier molecular flexibility index (Phi) is 4.45. The molecule has 2 N–H and O–H groups in total. The smallest absolute Gasteiger partial charge is 0.280 e. The van der Waals surface area contributed by atoms with Crippen LogP contribution in [0.2, 0.25) is 0 Å². The Labute approximate surface area is 167 Å². The van der Waals surface area contributed by atoms with Gasteiger partial charge in [-0.15, -0.1) is 0 Å². The standard InChI is InChI=1S/C19H14BrN3O3S/c1-2-26-12-6-4-11(5-7-12)23-18(25)16(22-19(23)27)15-13-9-10(20)3-8-14(13)21-17(15)24/h3-9,25H,2H2,1H3,(H,22,27). The number of imidazole rings is 1. The van der Waals surface area contributed by atoms with Gasteiger partial charge in [-0.3, -0.25) is 9.36 Å². The van der Waals surface area contributed by atoms with Crippen LogP contribution in [0.3, 0.4) is 0 Å². The summed E-state index contributed by atoms with van der Waals surface area (Å²) in [6.07, 6.45) is 0. The van der Waals surface area contributed by atoms with Crippen LogP contribution in [-0.2, 0) is 4.79 Å². The van der Waals surface area contributed by atoms with E-state index in [4.69, 9.17) is 17.0 Å². The van der Waals surface area contributed by atoms with Gasteiger partial charge in [0.2, 0.25) is 5.88 Å². The fourth-order valence-electron chi connectivity index (χ4n) is 3.03. The fourth-order valence-corrected chi connectivity index (χ4v) is 3.68. The van der Waals surface area contributed by atoms with Gasteiger partial charge in [0, 0.05) is 9.69 Å². The second-order valence-electron chi connectivity index (χ2n) is 5.84. The second-order valence-corrected chi connectivity index (χ2v) is 7.15. The molecule has 0 saturated heterocycles. The number of H-pyrrole nitrogens is 1. The molecule has 1 amide bonds. The zero-order valence-electron chi connectivity index (χ0n) is 14.2. The Hall–Kier alpha value is -2.71. The Bertz CT molecular complexity index is 1240. The molecule has 0 fully saturated rings. The first-order valence-electron chi connectivity index (χ1n) is 8.20. The molecule has 0 radical (unpaired) electrons. The Morgan fingerprint density at radius 2 is 2.00 bits per heavy atom. The number of ether oxygens (including phenoxy) is 1. The number of fused-ring (bicyclic) bond motifs is 1. The Morgan fingerprint density at radius 1 is 1.26 bits per heavy atom. The van der Waals surface area contributed by atoms with E-state index in [9.17, 15) is 9.90 Å². The zero-order chi connectivity index (χ0) is 19.1. The normalized spacial score (nSPS) is 12.8. The highest BCUT2D eigenvalue weighted by Crippen LogP contribution is 2.29. The summed E-state index contributed by atoms with van der Waals surface area (Å²) in [4.78, 5) is 19.5. The van der Waals surface area contributed by atoms with Crippen LogP contribution in [0.25, 0.3) is 11.3 Å². The zero-order valence-corrected chi connectivity index (χ0v) is 16.6. The molecule has 2 heterocycles. The van der Waals surface area contributed by atoms with Gasteiger partial charge >= 0.3 is 0 Å². The van der Waals surface area contributed by atoms with E-state index in [1.165, 1.54) is 4.57 Å². The molecule has 2 aromatic carbocycles. The van der Waals surface area contributed by atoms with Gasteiger partial charge in [0.1, 0.15) is 11.4 Å². The van der Waals surface area contributed by atoms with Gasteiger partial charge in [-0.1, -0.05) is 15.9 Å². The van der Waals surface area contributed by atoms with Gasteiger partial charge in [0.25, 0.3) is 5.91 Å². The van der Waals surface area contributed by atoms with Crippen LogP contribution < -0.4 is 15.3 Å². The molecule has 8 heteroatoms. The molecule has 0 saturated carbocycles. The van der Waals surface area contributed by atoms with Crippen LogP contribution in [0.5, 0.6) is 11.6 Å². The number of hydrogen-bond acceptors (Lipinski definition) is 4. The summed E-state index contributed by atoms with van der Waals surface area (Å²) in [6.45, 7) is 2.47. The summed E-state index contributed by atoms with van der Waals surface area (Å²) in [7, 11) is 0. The molecule has 0 spiro atoms. The highest BCUT2D eigenvalue weighted by atomic mass is 79.9. The predicted molar refractivity (Wildman–Crippen MR) is 106 cm³/mol. The quantitative estimate of drug-likeness (QED) is 0.607. The highest BCUT2D eigenvalue weighted by molar-refractivity contribution is 9.10. The Morgan fingerprint density at radius 3 is 2.70 bits per heavy atom. The van der Waals surface area contributed by atoms with Gasteiger partial charge in [0.05, 0.1) is 23.2 Å². The third-order valence-electron chi connectivity index (χ3n) is 4.19. The van der Waals surface area contributed by atoms with E-state index in [0.29, 0.717) is 28.4 Å². The van der Waals surface area contributed by atoms with Crippen molar-refractivity contribution in [3.05, 3.63) is 68.0 Å². The minimum Gasteiger partial charge on any atom is -0.494 e. The van der Waals surface area contributed by atoms with E-state index < -0.39 is 5.91 Å². The number of benzene rings is 2. The van der Waals surface area contributed by atoms with Crippen molar-refractivity contribution in [2.24, 2.45) is 4.99 Å². The number of hydrogen-bond donors (Lipinski definition) is 2. The van der Waals surface area contributed by atoms with Gasteiger partial charge < -0.3 is 14.8 Å². The maximum Gasteiger partial charge on any atom is 0.280 e. The van der Waals surface area contributed by atoms with E-state index >= 15 is 0 Å². The summed E-state index contributed by atoms with van der Waals surface area (Å²) in [5.74, 6) is 0.157. The molecule has 0 unspecified atom stereocenters. The number of rotatable bonds is 4. The number of nitrogens with one attached hydrogen (secondary N) is 1. The van der Waals surface area contributed by atoms with Crippen LogP contribution in [0.15, 0.2) is 51.9 Å². The Balaban J connectivity index is 1.90. The van der Waals surface area contributed by atoms with Crippen LogP contribution in [0.4, 0.5) is 0 Å². The minimum atomic E-state index is -0.423. The number of carbonyl (C=O) groups is 1.